The van der Waals surface area contributed by atoms with E-state index in [-0.39, 0.29) is 0 Å². The molecule has 0 atom stereocenters. The van der Waals surface area contributed by atoms with E-state index in [0.717, 1.165) is 33.0 Å². The van der Waals surface area contributed by atoms with Crippen molar-refractivity contribution in [1.82, 2.24) is 0 Å². The van der Waals surface area contributed by atoms with E-state index in [2.05, 4.69) is 24.3 Å². The summed E-state index contributed by atoms with van der Waals surface area (Å²) in [5.41, 5.74) is 5.02. The molecule has 2 heteroatoms. The molecule has 0 aliphatic carbocycles. The van der Waals surface area contributed by atoms with Gasteiger partial charge < -0.3 is 10.8 Å². The van der Waals surface area contributed by atoms with Crippen molar-refractivity contribution in [2.45, 2.75) is 12.8 Å². The second-order valence-electron chi connectivity index (χ2n) is 7.03. The topological polar surface area (TPSA) is 47.7 Å². The molecule has 4 rings (SSSR count). The molecule has 0 saturated carbocycles. The number of nitrogens with one attached hydrogen (secondary N) is 2. The van der Waals surface area contributed by atoms with Crippen LogP contribution in [-0.4, -0.2) is 11.4 Å². The van der Waals surface area contributed by atoms with Crippen LogP contribution in [0.15, 0.2) is 97.1 Å². The first-order chi connectivity index (χ1) is 13.7. The normalized spacial score (nSPS) is 10.7. The van der Waals surface area contributed by atoms with Crippen LogP contribution in [0.2, 0.25) is 0 Å². The fraction of sp³-hybridized carbons (Fsp3) is 0.0769. The van der Waals surface area contributed by atoms with Crippen molar-refractivity contribution >= 4 is 22.2 Å². The molecule has 136 valence electrons. The first-order valence-corrected chi connectivity index (χ1v) is 9.47. The van der Waals surface area contributed by atoms with Gasteiger partial charge in [-0.05, 0) is 34.0 Å². The van der Waals surface area contributed by atoms with Crippen LogP contribution in [0.5, 0.6) is 0 Å². The number of benzene rings is 4. The van der Waals surface area contributed by atoms with E-state index >= 15 is 0 Å². The highest BCUT2D eigenvalue weighted by molar-refractivity contribution is 6.14. The predicted molar refractivity (Wildman–Crippen MR) is 118 cm³/mol. The van der Waals surface area contributed by atoms with Gasteiger partial charge in [-0.2, -0.15) is 0 Å². The first kappa shape index (κ1) is 17.9. The molecule has 0 heterocycles. The summed E-state index contributed by atoms with van der Waals surface area (Å²) in [7, 11) is 0. The van der Waals surface area contributed by atoms with Gasteiger partial charge in [0.25, 0.3) is 0 Å². The van der Waals surface area contributed by atoms with Crippen LogP contribution in [-0.2, 0) is 12.8 Å². The van der Waals surface area contributed by atoms with Gasteiger partial charge in [-0.3, -0.25) is 0 Å². The minimum atomic E-state index is 0.546. The predicted octanol–water partition coefficient (Wildman–Crippen LogP) is 6.06. The Morgan fingerprint density at radius 2 is 0.857 bits per heavy atom. The van der Waals surface area contributed by atoms with Crippen molar-refractivity contribution in [3.8, 4) is 0 Å². The summed E-state index contributed by atoms with van der Waals surface area (Å²) in [6, 6.07) is 32.5. The molecule has 28 heavy (non-hydrogen) atoms. The van der Waals surface area contributed by atoms with Gasteiger partial charge in [-0.15, -0.1) is 0 Å². The van der Waals surface area contributed by atoms with E-state index in [1.165, 1.54) is 0 Å². The molecule has 4 aromatic rings. The van der Waals surface area contributed by atoms with Crippen LogP contribution in [0, 0.1) is 10.8 Å². The Hall–Kier alpha value is -3.52. The summed E-state index contributed by atoms with van der Waals surface area (Å²) in [4.78, 5) is 0. The van der Waals surface area contributed by atoms with Crippen LogP contribution in [0.3, 0.4) is 0 Å². The van der Waals surface area contributed by atoms with Crippen LogP contribution in [0.25, 0.3) is 10.8 Å². The van der Waals surface area contributed by atoms with Gasteiger partial charge in [0.2, 0.25) is 0 Å². The molecule has 0 bridgehead atoms. The molecule has 0 aromatic heterocycles. The van der Waals surface area contributed by atoms with E-state index in [1.54, 1.807) is 0 Å². The van der Waals surface area contributed by atoms with E-state index in [4.69, 9.17) is 10.8 Å². The lowest BCUT2D eigenvalue weighted by molar-refractivity contribution is 1.25. The molecule has 0 aliphatic rings. The van der Waals surface area contributed by atoms with E-state index in [9.17, 15) is 0 Å². The Labute approximate surface area is 165 Å². The van der Waals surface area contributed by atoms with E-state index in [1.807, 2.05) is 72.8 Å². The molecular formula is C26H22N2. The quantitative estimate of drug-likeness (QED) is 0.392. The smallest absolute Gasteiger partial charge is 0.0436 e. The largest absolute Gasteiger partial charge is 0.304 e. The van der Waals surface area contributed by atoms with Gasteiger partial charge in [0, 0.05) is 35.4 Å². The number of fused-ring (bicyclic) bond motifs is 1. The number of rotatable bonds is 6. The Balaban J connectivity index is 1.74. The minimum absolute atomic E-state index is 0.546. The second-order valence-corrected chi connectivity index (χ2v) is 7.03. The SMILES string of the molecule is N=C(Cc1ccccc1)c1cc2ccccc2cc1C(=N)Cc1ccccc1. The summed E-state index contributed by atoms with van der Waals surface area (Å²) in [6.07, 6.45) is 1.12. The van der Waals surface area contributed by atoms with Crippen molar-refractivity contribution in [3.05, 3.63) is 119 Å². The van der Waals surface area contributed by atoms with Crippen molar-refractivity contribution in [1.29, 1.82) is 10.8 Å². The third-order valence-corrected chi connectivity index (χ3v) is 4.98. The molecule has 4 aromatic carbocycles. The molecule has 0 aliphatic heterocycles. The summed E-state index contributed by atoms with van der Waals surface area (Å²) < 4.78 is 0. The minimum Gasteiger partial charge on any atom is -0.304 e. The maximum atomic E-state index is 8.76. The van der Waals surface area contributed by atoms with Crippen molar-refractivity contribution in [2.75, 3.05) is 0 Å². The zero-order valence-corrected chi connectivity index (χ0v) is 15.7. The monoisotopic (exact) mass is 362 g/mol. The van der Waals surface area contributed by atoms with Crippen molar-refractivity contribution in [2.24, 2.45) is 0 Å². The fourth-order valence-electron chi connectivity index (χ4n) is 3.53. The molecule has 2 N–H and O–H groups in total. The van der Waals surface area contributed by atoms with E-state index in [0.29, 0.717) is 24.3 Å². The molecule has 0 unspecified atom stereocenters. The first-order valence-electron chi connectivity index (χ1n) is 9.47. The van der Waals surface area contributed by atoms with Crippen LogP contribution < -0.4 is 0 Å². The van der Waals surface area contributed by atoms with Crippen molar-refractivity contribution in [3.63, 3.8) is 0 Å². The highest BCUT2D eigenvalue weighted by Gasteiger charge is 2.14. The third-order valence-electron chi connectivity index (χ3n) is 4.98. The Morgan fingerprint density at radius 3 is 1.25 bits per heavy atom. The second kappa shape index (κ2) is 8.01. The number of hydrogen-bond donors (Lipinski definition) is 2. The lowest BCUT2D eigenvalue weighted by Crippen LogP contribution is -2.13. The maximum absolute atomic E-state index is 8.76. The van der Waals surface area contributed by atoms with Gasteiger partial charge in [0.05, 0.1) is 0 Å². The molecule has 0 radical (unpaired) electrons. The highest BCUT2D eigenvalue weighted by Crippen LogP contribution is 2.23. The Kier molecular flexibility index (Phi) is 5.11. The molecule has 2 nitrogen and oxygen atoms in total. The summed E-state index contributed by atoms with van der Waals surface area (Å²) in [5, 5.41) is 19.7. The molecule has 0 spiro atoms. The van der Waals surface area contributed by atoms with Crippen LogP contribution >= 0.6 is 0 Å². The lowest BCUT2D eigenvalue weighted by Gasteiger charge is -2.14. The molecule has 0 saturated heterocycles. The molecule has 0 fully saturated rings. The Morgan fingerprint density at radius 1 is 0.500 bits per heavy atom. The van der Waals surface area contributed by atoms with Gasteiger partial charge in [-0.1, -0.05) is 84.9 Å². The average Bonchev–Trinajstić information content (AvgIpc) is 2.74. The van der Waals surface area contributed by atoms with Gasteiger partial charge in [-0.25, -0.2) is 0 Å². The van der Waals surface area contributed by atoms with Crippen molar-refractivity contribution < 1.29 is 0 Å². The standard InChI is InChI=1S/C26H22N2/c27-25(15-19-9-3-1-4-10-19)23-17-21-13-7-8-14-22(21)18-24(23)26(28)16-20-11-5-2-6-12-20/h1-14,17-18,27-28H,15-16H2. The lowest BCUT2D eigenvalue weighted by atomic mass is 9.90. The summed E-state index contributed by atoms with van der Waals surface area (Å²) >= 11 is 0. The number of hydrogen-bond acceptors (Lipinski definition) is 2. The zero-order chi connectivity index (χ0) is 19.3. The van der Waals surface area contributed by atoms with Crippen LogP contribution in [0.1, 0.15) is 22.3 Å². The van der Waals surface area contributed by atoms with Crippen LogP contribution in [0.4, 0.5) is 0 Å². The Bertz CT molecular complexity index is 1040. The highest BCUT2D eigenvalue weighted by atomic mass is 14.5. The fourth-order valence-corrected chi connectivity index (χ4v) is 3.53. The summed E-state index contributed by atoms with van der Waals surface area (Å²) in [6.45, 7) is 0. The average molecular weight is 362 g/mol. The zero-order valence-electron chi connectivity index (χ0n) is 15.7. The summed E-state index contributed by atoms with van der Waals surface area (Å²) in [5.74, 6) is 0. The van der Waals surface area contributed by atoms with Gasteiger partial charge in [0.1, 0.15) is 0 Å². The van der Waals surface area contributed by atoms with E-state index < -0.39 is 0 Å². The van der Waals surface area contributed by atoms with Gasteiger partial charge in [0.15, 0.2) is 0 Å². The van der Waals surface area contributed by atoms with Gasteiger partial charge >= 0.3 is 0 Å². The third kappa shape index (κ3) is 3.91. The molecule has 0 amide bonds. The maximum Gasteiger partial charge on any atom is 0.0436 e. The molecular weight excluding hydrogens is 340 g/mol.